The second-order valence-corrected chi connectivity index (χ2v) is 9.79. The lowest BCUT2D eigenvalue weighted by atomic mass is 9.99. The van der Waals surface area contributed by atoms with Gasteiger partial charge in [-0.15, -0.1) is 0 Å². The van der Waals surface area contributed by atoms with Crippen LogP contribution in [0.2, 0.25) is 0 Å². The van der Waals surface area contributed by atoms with Crippen LogP contribution in [-0.2, 0) is 14.8 Å². The van der Waals surface area contributed by atoms with E-state index < -0.39 is 10.0 Å². The fraction of sp³-hybridized carbons (Fsp3) is 0.435. The minimum atomic E-state index is -3.59. The maximum Gasteiger partial charge on any atom is 0.243 e. The van der Waals surface area contributed by atoms with Crippen molar-refractivity contribution in [2.75, 3.05) is 26.2 Å². The maximum absolute atomic E-state index is 12.9. The molecule has 1 saturated heterocycles. The van der Waals surface area contributed by atoms with Crippen molar-refractivity contribution in [1.82, 2.24) is 9.62 Å². The zero-order valence-electron chi connectivity index (χ0n) is 17.8. The molecule has 1 amide bonds. The molecule has 2 aromatic carbocycles. The third-order valence-corrected chi connectivity index (χ3v) is 7.51. The fourth-order valence-corrected chi connectivity index (χ4v) is 5.12. The number of nitrogens with zero attached hydrogens (tertiary/aromatic N) is 1. The number of hydrogen-bond donors (Lipinski definition) is 1. The van der Waals surface area contributed by atoms with Crippen molar-refractivity contribution in [3.05, 3.63) is 59.2 Å². The number of rotatable bonds is 7. The van der Waals surface area contributed by atoms with Crippen LogP contribution >= 0.6 is 0 Å². The van der Waals surface area contributed by atoms with E-state index in [9.17, 15) is 13.2 Å². The highest BCUT2D eigenvalue weighted by molar-refractivity contribution is 7.89. The predicted octanol–water partition coefficient (Wildman–Crippen LogP) is 3.21. The normalized spacial score (nSPS) is 17.5. The number of ether oxygens (including phenoxy) is 1. The summed E-state index contributed by atoms with van der Waals surface area (Å²) in [7, 11) is -3.59. The number of amides is 1. The lowest BCUT2D eigenvalue weighted by Crippen LogP contribution is -2.45. The van der Waals surface area contributed by atoms with Crippen LogP contribution in [0.25, 0.3) is 0 Å². The molecular formula is C23H30N2O4S. The number of nitrogens with one attached hydrogen (secondary N) is 1. The Hall–Kier alpha value is -2.38. The summed E-state index contributed by atoms with van der Waals surface area (Å²) < 4.78 is 33.0. The average Bonchev–Trinajstić information content (AvgIpc) is 2.74. The number of carbonyl (C=O) groups excluding carboxylic acids is 1. The van der Waals surface area contributed by atoms with E-state index in [0.717, 1.165) is 22.4 Å². The van der Waals surface area contributed by atoms with Crippen LogP contribution in [0.3, 0.4) is 0 Å². The van der Waals surface area contributed by atoms with Crippen LogP contribution in [0.1, 0.15) is 29.5 Å². The molecule has 6 nitrogen and oxygen atoms in total. The second-order valence-electron chi connectivity index (χ2n) is 7.85. The molecule has 1 aliphatic heterocycles. The standard InChI is InChI=1S/C23H30N2O4S/c1-17-9-11-21(12-10-17)30(27,28)25-14-5-7-20(16-25)23(26)24-13-15-29-22-8-4-6-18(2)19(22)3/h4,6,8-12,20H,5,7,13-16H2,1-3H3,(H,24,26). The fourth-order valence-electron chi connectivity index (χ4n) is 3.59. The highest BCUT2D eigenvalue weighted by Gasteiger charge is 2.33. The highest BCUT2D eigenvalue weighted by Crippen LogP contribution is 2.24. The molecule has 1 fully saturated rings. The van der Waals surface area contributed by atoms with E-state index in [4.69, 9.17) is 4.74 Å². The van der Waals surface area contributed by atoms with Crippen molar-refractivity contribution in [2.45, 2.75) is 38.5 Å². The molecular weight excluding hydrogens is 400 g/mol. The van der Waals surface area contributed by atoms with E-state index in [2.05, 4.69) is 5.32 Å². The van der Waals surface area contributed by atoms with Gasteiger partial charge in [0, 0.05) is 13.1 Å². The molecule has 0 saturated carbocycles. The number of aryl methyl sites for hydroxylation is 2. The first-order chi connectivity index (χ1) is 14.3. The molecule has 162 valence electrons. The van der Waals surface area contributed by atoms with E-state index in [1.807, 2.05) is 39.0 Å². The average molecular weight is 431 g/mol. The Bertz CT molecular complexity index is 987. The first-order valence-electron chi connectivity index (χ1n) is 10.3. The first-order valence-corrected chi connectivity index (χ1v) is 11.8. The Morgan fingerprint density at radius 1 is 1.13 bits per heavy atom. The molecule has 0 radical (unpaired) electrons. The second kappa shape index (κ2) is 9.62. The molecule has 0 bridgehead atoms. The number of benzene rings is 2. The van der Waals surface area contributed by atoms with E-state index in [1.165, 1.54) is 4.31 Å². The zero-order valence-corrected chi connectivity index (χ0v) is 18.7. The van der Waals surface area contributed by atoms with Crippen molar-refractivity contribution >= 4 is 15.9 Å². The van der Waals surface area contributed by atoms with Crippen LogP contribution in [0, 0.1) is 26.7 Å². The van der Waals surface area contributed by atoms with Crippen LogP contribution < -0.4 is 10.1 Å². The van der Waals surface area contributed by atoms with E-state index >= 15 is 0 Å². The number of piperidine rings is 1. The Balaban J connectivity index is 1.53. The van der Waals surface area contributed by atoms with Crippen LogP contribution in [0.4, 0.5) is 0 Å². The van der Waals surface area contributed by atoms with E-state index in [-0.39, 0.29) is 23.3 Å². The van der Waals surface area contributed by atoms with Gasteiger partial charge < -0.3 is 10.1 Å². The van der Waals surface area contributed by atoms with Gasteiger partial charge in [-0.05, 0) is 62.9 Å². The molecule has 0 aromatic heterocycles. The lowest BCUT2D eigenvalue weighted by Gasteiger charge is -2.31. The molecule has 1 aliphatic rings. The summed E-state index contributed by atoms with van der Waals surface area (Å²) >= 11 is 0. The Morgan fingerprint density at radius 3 is 2.60 bits per heavy atom. The number of hydrogen-bond acceptors (Lipinski definition) is 4. The number of sulfonamides is 1. The molecule has 1 N–H and O–H groups in total. The predicted molar refractivity (Wildman–Crippen MR) is 117 cm³/mol. The smallest absolute Gasteiger partial charge is 0.243 e. The molecule has 1 atom stereocenters. The van der Waals surface area contributed by atoms with Gasteiger partial charge in [0.1, 0.15) is 12.4 Å². The minimum absolute atomic E-state index is 0.122. The topological polar surface area (TPSA) is 75.7 Å². The summed E-state index contributed by atoms with van der Waals surface area (Å²) in [6.07, 6.45) is 1.35. The van der Waals surface area contributed by atoms with Crippen molar-refractivity contribution in [1.29, 1.82) is 0 Å². The van der Waals surface area contributed by atoms with Gasteiger partial charge in [-0.2, -0.15) is 4.31 Å². The summed E-state index contributed by atoms with van der Waals surface area (Å²) in [5.41, 5.74) is 3.26. The molecule has 1 heterocycles. The van der Waals surface area contributed by atoms with Gasteiger partial charge in [0.05, 0.1) is 17.4 Å². The molecule has 2 aromatic rings. The summed E-state index contributed by atoms with van der Waals surface area (Å²) in [5, 5.41) is 2.89. The Labute approximate surface area is 179 Å². The number of carbonyl (C=O) groups is 1. The summed E-state index contributed by atoms with van der Waals surface area (Å²) in [6, 6.07) is 12.7. The van der Waals surface area contributed by atoms with Gasteiger partial charge in [0.15, 0.2) is 0 Å². The van der Waals surface area contributed by atoms with Gasteiger partial charge in [0.2, 0.25) is 15.9 Å². The lowest BCUT2D eigenvalue weighted by molar-refractivity contribution is -0.126. The van der Waals surface area contributed by atoms with Gasteiger partial charge in [-0.1, -0.05) is 29.8 Å². The van der Waals surface area contributed by atoms with Crippen LogP contribution in [-0.4, -0.2) is 44.9 Å². The monoisotopic (exact) mass is 430 g/mol. The zero-order chi connectivity index (χ0) is 21.7. The summed E-state index contributed by atoms with van der Waals surface area (Å²) in [4.78, 5) is 12.9. The van der Waals surface area contributed by atoms with Crippen molar-refractivity contribution in [3.8, 4) is 5.75 Å². The van der Waals surface area contributed by atoms with E-state index in [1.54, 1.807) is 24.3 Å². The molecule has 0 aliphatic carbocycles. The minimum Gasteiger partial charge on any atom is -0.491 e. The van der Waals surface area contributed by atoms with Crippen LogP contribution in [0.15, 0.2) is 47.4 Å². The molecule has 1 unspecified atom stereocenters. The van der Waals surface area contributed by atoms with Crippen molar-refractivity contribution in [3.63, 3.8) is 0 Å². The first kappa shape index (κ1) is 22.3. The van der Waals surface area contributed by atoms with Crippen LogP contribution in [0.5, 0.6) is 5.75 Å². The SMILES string of the molecule is Cc1ccc(S(=O)(=O)N2CCCC(C(=O)NCCOc3cccc(C)c3C)C2)cc1. The van der Waals surface area contributed by atoms with Gasteiger partial charge >= 0.3 is 0 Å². The molecule has 3 rings (SSSR count). The third-order valence-electron chi connectivity index (χ3n) is 5.63. The Morgan fingerprint density at radius 2 is 1.87 bits per heavy atom. The van der Waals surface area contributed by atoms with Gasteiger partial charge in [-0.25, -0.2) is 8.42 Å². The van der Waals surface area contributed by atoms with Crippen molar-refractivity contribution < 1.29 is 17.9 Å². The molecule has 30 heavy (non-hydrogen) atoms. The largest absolute Gasteiger partial charge is 0.491 e. The maximum atomic E-state index is 12.9. The molecule has 0 spiro atoms. The highest BCUT2D eigenvalue weighted by atomic mass is 32.2. The quantitative estimate of drug-likeness (QED) is 0.685. The summed E-state index contributed by atoms with van der Waals surface area (Å²) in [6.45, 7) is 7.36. The molecule has 7 heteroatoms. The third kappa shape index (κ3) is 5.21. The summed E-state index contributed by atoms with van der Waals surface area (Å²) in [5.74, 6) is 0.348. The van der Waals surface area contributed by atoms with Crippen molar-refractivity contribution in [2.24, 2.45) is 5.92 Å². The van der Waals surface area contributed by atoms with E-state index in [0.29, 0.717) is 32.5 Å². The Kier molecular flexibility index (Phi) is 7.15. The van der Waals surface area contributed by atoms with Gasteiger partial charge in [0.25, 0.3) is 0 Å². The van der Waals surface area contributed by atoms with Gasteiger partial charge in [-0.3, -0.25) is 4.79 Å².